The Balaban J connectivity index is 1.17. The molecule has 0 radical (unpaired) electrons. The fraction of sp³-hybridized carbons (Fsp3) is 0.0545. The molecule has 58 heavy (non-hydrogen) atoms. The Morgan fingerprint density at radius 1 is 0.500 bits per heavy atom. The largest absolute Gasteiger partial charge is 0.456 e. The SMILES string of the molecule is C1=CCCC(N(c2ccccc2)c2ccc(-n3c4ccc5oc6ccccc6c5c4c4ccc5c(c43)C3(c4ccccc4-c4ccccc43)c3ccccc3-5)cc2)=C1. The molecule has 2 heterocycles. The Kier molecular flexibility index (Phi) is 6.49. The van der Waals surface area contributed by atoms with Crippen LogP contribution in [0.4, 0.5) is 11.4 Å². The van der Waals surface area contributed by atoms with Gasteiger partial charge in [0.15, 0.2) is 0 Å². The van der Waals surface area contributed by atoms with Gasteiger partial charge in [-0.15, -0.1) is 0 Å². The summed E-state index contributed by atoms with van der Waals surface area (Å²) in [6.45, 7) is 0. The van der Waals surface area contributed by atoms with Gasteiger partial charge in [-0.2, -0.15) is 0 Å². The van der Waals surface area contributed by atoms with E-state index in [0.29, 0.717) is 0 Å². The van der Waals surface area contributed by atoms with Crippen molar-refractivity contribution in [2.45, 2.75) is 18.3 Å². The summed E-state index contributed by atoms with van der Waals surface area (Å²) in [6, 6.07) is 65.0. The molecule has 0 saturated heterocycles. The first-order chi connectivity index (χ1) is 28.8. The van der Waals surface area contributed by atoms with Crippen LogP contribution in [0.25, 0.3) is 71.7 Å². The molecule has 1 spiro atoms. The fourth-order valence-corrected chi connectivity index (χ4v) is 10.8. The number of benzene rings is 8. The van der Waals surface area contributed by atoms with E-state index in [1.807, 2.05) is 0 Å². The van der Waals surface area contributed by atoms with E-state index in [2.05, 4.69) is 204 Å². The van der Waals surface area contributed by atoms with Crippen LogP contribution in [0.1, 0.15) is 35.1 Å². The third-order valence-corrected chi connectivity index (χ3v) is 13.0. The van der Waals surface area contributed by atoms with E-state index in [-0.39, 0.29) is 0 Å². The first-order valence-corrected chi connectivity index (χ1v) is 20.3. The second-order valence-corrected chi connectivity index (χ2v) is 15.8. The van der Waals surface area contributed by atoms with Crippen molar-refractivity contribution in [2.75, 3.05) is 4.90 Å². The average molecular weight is 741 g/mol. The third-order valence-electron chi connectivity index (χ3n) is 13.0. The summed E-state index contributed by atoms with van der Waals surface area (Å²) < 4.78 is 9.13. The van der Waals surface area contributed by atoms with Gasteiger partial charge in [-0.1, -0.05) is 133 Å². The van der Waals surface area contributed by atoms with Gasteiger partial charge in [-0.3, -0.25) is 0 Å². The normalized spacial score (nSPS) is 14.6. The van der Waals surface area contributed by atoms with Gasteiger partial charge < -0.3 is 13.9 Å². The highest BCUT2D eigenvalue weighted by Crippen LogP contribution is 2.64. The molecule has 10 aromatic rings. The molecule has 2 aromatic heterocycles. The minimum atomic E-state index is -0.507. The Morgan fingerprint density at radius 2 is 1.14 bits per heavy atom. The van der Waals surface area contributed by atoms with Gasteiger partial charge in [-0.25, -0.2) is 0 Å². The van der Waals surface area contributed by atoms with Crippen LogP contribution in [0.5, 0.6) is 0 Å². The van der Waals surface area contributed by atoms with Crippen molar-refractivity contribution in [3.63, 3.8) is 0 Å². The van der Waals surface area contributed by atoms with E-state index >= 15 is 0 Å². The molecule has 0 unspecified atom stereocenters. The van der Waals surface area contributed by atoms with Crippen molar-refractivity contribution in [1.29, 1.82) is 0 Å². The van der Waals surface area contributed by atoms with E-state index in [4.69, 9.17) is 4.42 Å². The number of furan rings is 1. The molecule has 13 rings (SSSR count). The van der Waals surface area contributed by atoms with Crippen LogP contribution in [-0.2, 0) is 5.41 Å². The molecule has 0 amide bonds. The lowest BCUT2D eigenvalue weighted by Crippen LogP contribution is -2.26. The van der Waals surface area contributed by atoms with E-state index in [1.165, 1.54) is 77.7 Å². The number of allylic oxidation sites excluding steroid dienone is 4. The van der Waals surface area contributed by atoms with Crippen molar-refractivity contribution in [3.8, 4) is 27.9 Å². The Morgan fingerprint density at radius 3 is 1.84 bits per heavy atom. The molecule has 3 heteroatoms. The van der Waals surface area contributed by atoms with E-state index in [1.54, 1.807) is 0 Å². The number of anilines is 2. The number of para-hydroxylation sites is 2. The summed E-state index contributed by atoms with van der Waals surface area (Å²) in [5.41, 5.74) is 19.0. The molecule has 0 atom stereocenters. The van der Waals surface area contributed by atoms with Crippen LogP contribution in [0.3, 0.4) is 0 Å². The Labute approximate surface area is 336 Å². The van der Waals surface area contributed by atoms with Crippen LogP contribution >= 0.6 is 0 Å². The highest BCUT2D eigenvalue weighted by Gasteiger charge is 2.53. The van der Waals surface area contributed by atoms with Crippen molar-refractivity contribution >= 4 is 55.1 Å². The van der Waals surface area contributed by atoms with Crippen LogP contribution in [-0.4, -0.2) is 4.57 Å². The lowest BCUT2D eigenvalue weighted by atomic mass is 9.70. The van der Waals surface area contributed by atoms with Crippen molar-refractivity contribution in [3.05, 3.63) is 222 Å². The predicted molar refractivity (Wildman–Crippen MR) is 239 cm³/mol. The molecule has 0 N–H and O–H groups in total. The summed E-state index contributed by atoms with van der Waals surface area (Å²) in [4.78, 5) is 2.41. The maximum atomic E-state index is 6.57. The standard InChI is InChI=1S/C55H36N2O/c1-3-15-35(16-4-1)56(36-17-5-2-6-18-36)37-27-29-38(30-28-37)57-48-33-34-50-52(43-22-10-14-26-49(43)58-50)51(48)44-32-31-42-41-21-9-13-25-47(41)55(53(42)54(44)57)45-23-11-7-19-39(45)40-20-8-12-24-46(40)55/h1-5,7-17,19-34H,6,18H2. The van der Waals surface area contributed by atoms with Crippen LogP contribution in [0, 0.1) is 0 Å². The number of rotatable bonds is 4. The van der Waals surface area contributed by atoms with Crippen molar-refractivity contribution in [2.24, 2.45) is 0 Å². The molecule has 3 aliphatic rings. The number of nitrogens with zero attached hydrogens (tertiary/aromatic N) is 2. The van der Waals surface area contributed by atoms with E-state index in [9.17, 15) is 0 Å². The quantitative estimate of drug-likeness (QED) is 0.179. The predicted octanol–water partition coefficient (Wildman–Crippen LogP) is 14.4. The molecular formula is C55H36N2O. The second kappa shape index (κ2) is 11.8. The van der Waals surface area contributed by atoms with Gasteiger partial charge in [0, 0.05) is 49.9 Å². The summed E-state index contributed by atoms with van der Waals surface area (Å²) in [5.74, 6) is 0. The molecule has 3 aliphatic carbocycles. The topological polar surface area (TPSA) is 21.3 Å². The second-order valence-electron chi connectivity index (χ2n) is 15.8. The Bertz CT molecular complexity index is 3330. The summed E-state index contributed by atoms with van der Waals surface area (Å²) in [5, 5.41) is 4.76. The van der Waals surface area contributed by atoms with Crippen LogP contribution in [0.15, 0.2) is 204 Å². The number of fused-ring (bicyclic) bond motifs is 18. The zero-order valence-corrected chi connectivity index (χ0v) is 31.7. The molecule has 8 aromatic carbocycles. The first kappa shape index (κ1) is 31.8. The van der Waals surface area contributed by atoms with Gasteiger partial charge >= 0.3 is 0 Å². The molecule has 3 nitrogen and oxygen atoms in total. The van der Waals surface area contributed by atoms with E-state index in [0.717, 1.165) is 46.2 Å². The highest BCUT2D eigenvalue weighted by molar-refractivity contribution is 6.28. The van der Waals surface area contributed by atoms with Gasteiger partial charge in [0.05, 0.1) is 16.4 Å². The molecule has 0 fully saturated rings. The van der Waals surface area contributed by atoms with E-state index < -0.39 is 5.41 Å². The van der Waals surface area contributed by atoms with Crippen LogP contribution < -0.4 is 4.90 Å². The monoisotopic (exact) mass is 740 g/mol. The molecular weight excluding hydrogens is 705 g/mol. The maximum absolute atomic E-state index is 6.57. The average Bonchev–Trinajstić information content (AvgIpc) is 4.01. The fourth-order valence-electron chi connectivity index (χ4n) is 10.8. The first-order valence-electron chi connectivity index (χ1n) is 20.3. The van der Waals surface area contributed by atoms with Gasteiger partial charge in [-0.05, 0) is 112 Å². The van der Waals surface area contributed by atoms with Gasteiger partial charge in [0.25, 0.3) is 0 Å². The lowest BCUT2D eigenvalue weighted by molar-refractivity contribution is 0.669. The number of hydrogen-bond donors (Lipinski definition) is 0. The minimum Gasteiger partial charge on any atom is -0.456 e. The summed E-state index contributed by atoms with van der Waals surface area (Å²) in [7, 11) is 0. The van der Waals surface area contributed by atoms with Crippen molar-refractivity contribution < 1.29 is 4.42 Å². The molecule has 0 aliphatic heterocycles. The number of aromatic nitrogens is 1. The van der Waals surface area contributed by atoms with Gasteiger partial charge in [0.1, 0.15) is 11.2 Å². The van der Waals surface area contributed by atoms with Gasteiger partial charge in [0.2, 0.25) is 0 Å². The zero-order chi connectivity index (χ0) is 38.0. The Hall–Kier alpha value is -7.36. The summed E-state index contributed by atoms with van der Waals surface area (Å²) >= 11 is 0. The van der Waals surface area contributed by atoms with Crippen LogP contribution in [0.2, 0.25) is 0 Å². The minimum absolute atomic E-state index is 0.507. The maximum Gasteiger partial charge on any atom is 0.136 e. The molecule has 0 bridgehead atoms. The van der Waals surface area contributed by atoms with Crippen molar-refractivity contribution in [1.82, 2.24) is 4.57 Å². The molecule has 272 valence electrons. The lowest BCUT2D eigenvalue weighted by Gasteiger charge is -2.31. The third kappa shape index (κ3) is 4.07. The highest BCUT2D eigenvalue weighted by atomic mass is 16.3. The summed E-state index contributed by atoms with van der Waals surface area (Å²) in [6.07, 6.45) is 8.73. The molecule has 0 saturated carbocycles. The zero-order valence-electron chi connectivity index (χ0n) is 31.7. The number of hydrogen-bond acceptors (Lipinski definition) is 2. The smallest absolute Gasteiger partial charge is 0.136 e.